The van der Waals surface area contributed by atoms with E-state index in [0.29, 0.717) is 6.10 Å². The molecule has 1 unspecified atom stereocenters. The van der Waals surface area contributed by atoms with Gasteiger partial charge in [0.25, 0.3) is 0 Å². The number of rotatable bonds is 14. The zero-order valence-corrected chi connectivity index (χ0v) is 13.7. The van der Waals surface area contributed by atoms with E-state index >= 15 is 0 Å². The van der Waals surface area contributed by atoms with Crippen molar-refractivity contribution < 1.29 is 18.3 Å². The van der Waals surface area contributed by atoms with Crippen LogP contribution in [0.1, 0.15) is 46.0 Å². The number of unbranched alkanes of at least 4 members (excludes halogenated alkanes) is 2. The molecule has 0 aliphatic carbocycles. The fourth-order valence-electron chi connectivity index (χ4n) is 1.66. The quantitative estimate of drug-likeness (QED) is 0.280. The molecule has 0 radical (unpaired) electrons. The summed E-state index contributed by atoms with van der Waals surface area (Å²) in [6.07, 6.45) is 6.05. The summed E-state index contributed by atoms with van der Waals surface area (Å²) in [5, 5.41) is 0. The van der Waals surface area contributed by atoms with Gasteiger partial charge in [0.05, 0.1) is 13.2 Å². The molecule has 0 aromatic rings. The molecule has 1 saturated heterocycles. The number of ether oxygens (including phenoxy) is 2. The van der Waals surface area contributed by atoms with E-state index in [9.17, 15) is 0 Å². The van der Waals surface area contributed by atoms with Crippen molar-refractivity contribution in [1.29, 1.82) is 0 Å². The molecule has 0 spiro atoms. The van der Waals surface area contributed by atoms with Crippen molar-refractivity contribution in [3.05, 3.63) is 0 Å². The molecule has 1 heterocycles. The summed E-state index contributed by atoms with van der Waals surface area (Å²) in [6, 6.07) is 1.05. The summed E-state index contributed by atoms with van der Waals surface area (Å²) < 4.78 is 22.5. The summed E-state index contributed by atoms with van der Waals surface area (Å²) >= 11 is 0. The van der Waals surface area contributed by atoms with Crippen LogP contribution in [-0.2, 0) is 18.3 Å². The van der Waals surface area contributed by atoms with Gasteiger partial charge in [-0.15, -0.1) is 0 Å². The Labute approximate surface area is 119 Å². The third-order valence-corrected chi connectivity index (χ3v) is 5.13. The fraction of sp³-hybridized carbons (Fsp3) is 1.00. The van der Waals surface area contributed by atoms with Crippen LogP contribution in [0.5, 0.6) is 0 Å². The van der Waals surface area contributed by atoms with Gasteiger partial charge in [-0.05, 0) is 25.3 Å². The van der Waals surface area contributed by atoms with Gasteiger partial charge in [-0.25, -0.2) is 0 Å². The molecule has 0 N–H and O–H groups in total. The molecular formula is C14H30O4Si. The second-order valence-electron chi connectivity index (χ2n) is 5.05. The molecule has 1 atom stereocenters. The highest BCUT2D eigenvalue weighted by Crippen LogP contribution is 2.10. The minimum atomic E-state index is -1.46. The highest BCUT2D eigenvalue weighted by Gasteiger charge is 2.22. The maximum Gasteiger partial charge on any atom is 0.321 e. The van der Waals surface area contributed by atoms with Gasteiger partial charge in [-0.1, -0.05) is 26.7 Å². The lowest BCUT2D eigenvalue weighted by atomic mass is 10.4. The van der Waals surface area contributed by atoms with Gasteiger partial charge in [-0.3, -0.25) is 0 Å². The van der Waals surface area contributed by atoms with Crippen LogP contribution in [0.3, 0.4) is 0 Å². The lowest BCUT2D eigenvalue weighted by Gasteiger charge is -2.16. The van der Waals surface area contributed by atoms with Crippen LogP contribution >= 0.6 is 0 Å². The zero-order chi connectivity index (χ0) is 13.8. The van der Waals surface area contributed by atoms with Crippen LogP contribution in [0.15, 0.2) is 0 Å². The number of epoxide rings is 1. The average molecular weight is 290 g/mol. The first-order valence-electron chi connectivity index (χ1n) is 7.79. The van der Waals surface area contributed by atoms with Crippen molar-refractivity contribution in [2.75, 3.05) is 33.0 Å². The van der Waals surface area contributed by atoms with Crippen LogP contribution in [-0.4, -0.2) is 48.4 Å². The van der Waals surface area contributed by atoms with Gasteiger partial charge in [0, 0.05) is 19.8 Å². The minimum absolute atomic E-state index is 0.370. The van der Waals surface area contributed by atoms with Crippen LogP contribution < -0.4 is 0 Å². The molecule has 114 valence electrons. The summed E-state index contributed by atoms with van der Waals surface area (Å²) in [4.78, 5) is 0. The standard InChI is InChI=1S/C14H30O4Si/c1-3-5-9-17-19(18-10-6-4-2)11-7-8-15-12-14-13-16-14/h14,19H,3-13H2,1-2H3. The molecule has 0 aromatic heterocycles. The van der Waals surface area contributed by atoms with Gasteiger partial charge in [0.2, 0.25) is 0 Å². The topological polar surface area (TPSA) is 40.2 Å². The number of hydrogen-bond donors (Lipinski definition) is 0. The summed E-state index contributed by atoms with van der Waals surface area (Å²) in [6.45, 7) is 8.51. The normalized spacial score (nSPS) is 18.2. The van der Waals surface area contributed by atoms with Gasteiger partial charge in [-0.2, -0.15) is 0 Å². The van der Waals surface area contributed by atoms with Crippen molar-refractivity contribution in [3.63, 3.8) is 0 Å². The van der Waals surface area contributed by atoms with Crippen molar-refractivity contribution in [3.8, 4) is 0 Å². The molecule has 19 heavy (non-hydrogen) atoms. The monoisotopic (exact) mass is 290 g/mol. The Kier molecular flexibility index (Phi) is 10.7. The van der Waals surface area contributed by atoms with E-state index in [1.165, 1.54) is 12.8 Å². The lowest BCUT2D eigenvalue weighted by molar-refractivity contribution is 0.114. The van der Waals surface area contributed by atoms with Crippen LogP contribution in [0.4, 0.5) is 0 Å². The predicted octanol–water partition coefficient (Wildman–Crippen LogP) is 2.65. The van der Waals surface area contributed by atoms with E-state index < -0.39 is 9.28 Å². The van der Waals surface area contributed by atoms with Gasteiger partial charge >= 0.3 is 9.28 Å². The molecule has 0 saturated carbocycles. The SMILES string of the molecule is CCCCO[SiH](CCCOCC1CO1)OCCCC. The number of hydrogen-bond acceptors (Lipinski definition) is 4. The third-order valence-electron chi connectivity index (χ3n) is 3.04. The molecule has 1 rings (SSSR count). The van der Waals surface area contributed by atoms with Crippen LogP contribution in [0.2, 0.25) is 6.04 Å². The fourth-order valence-corrected chi connectivity index (χ4v) is 3.45. The Morgan fingerprint density at radius 1 is 1.00 bits per heavy atom. The summed E-state index contributed by atoms with van der Waals surface area (Å²) in [5.41, 5.74) is 0. The van der Waals surface area contributed by atoms with E-state index in [0.717, 1.165) is 58.3 Å². The van der Waals surface area contributed by atoms with E-state index in [1.807, 2.05) is 0 Å². The zero-order valence-electron chi connectivity index (χ0n) is 12.6. The first-order valence-corrected chi connectivity index (χ1v) is 9.55. The Balaban J connectivity index is 1.99. The van der Waals surface area contributed by atoms with Crippen LogP contribution in [0.25, 0.3) is 0 Å². The van der Waals surface area contributed by atoms with E-state index in [2.05, 4.69) is 13.8 Å². The maximum absolute atomic E-state index is 5.91. The Morgan fingerprint density at radius 3 is 2.16 bits per heavy atom. The molecule has 1 aliphatic heterocycles. The second kappa shape index (κ2) is 11.8. The summed E-state index contributed by atoms with van der Waals surface area (Å²) in [7, 11) is -1.46. The van der Waals surface area contributed by atoms with Crippen molar-refractivity contribution in [2.45, 2.75) is 58.1 Å². The predicted molar refractivity (Wildman–Crippen MR) is 78.9 cm³/mol. The smallest absolute Gasteiger partial charge is 0.321 e. The molecule has 5 heteroatoms. The summed E-state index contributed by atoms with van der Waals surface area (Å²) in [5.74, 6) is 0. The lowest BCUT2D eigenvalue weighted by Crippen LogP contribution is -2.24. The average Bonchev–Trinajstić information content (AvgIpc) is 3.22. The van der Waals surface area contributed by atoms with Crippen LogP contribution in [0, 0.1) is 0 Å². The second-order valence-corrected chi connectivity index (χ2v) is 7.15. The molecule has 0 aromatic carbocycles. The highest BCUT2D eigenvalue weighted by molar-refractivity contribution is 6.44. The minimum Gasteiger partial charge on any atom is -0.397 e. The first kappa shape index (κ1) is 17.1. The Bertz CT molecular complexity index is 190. The maximum atomic E-state index is 5.91. The van der Waals surface area contributed by atoms with Gasteiger partial charge < -0.3 is 18.3 Å². The molecular weight excluding hydrogens is 260 g/mol. The van der Waals surface area contributed by atoms with Crippen molar-refractivity contribution in [1.82, 2.24) is 0 Å². The molecule has 0 amide bonds. The molecule has 1 fully saturated rings. The molecule has 4 nitrogen and oxygen atoms in total. The van der Waals surface area contributed by atoms with E-state index in [4.69, 9.17) is 18.3 Å². The Morgan fingerprint density at radius 2 is 1.63 bits per heavy atom. The Hall–Kier alpha value is 0.0569. The molecule has 1 aliphatic rings. The van der Waals surface area contributed by atoms with E-state index in [1.54, 1.807) is 0 Å². The van der Waals surface area contributed by atoms with Gasteiger partial charge in [0.1, 0.15) is 6.10 Å². The third kappa shape index (κ3) is 10.5. The first-order chi connectivity index (χ1) is 9.36. The highest BCUT2D eigenvalue weighted by atomic mass is 28.3. The molecule has 0 bridgehead atoms. The van der Waals surface area contributed by atoms with Crippen molar-refractivity contribution >= 4 is 9.28 Å². The van der Waals surface area contributed by atoms with Gasteiger partial charge in [0.15, 0.2) is 0 Å². The van der Waals surface area contributed by atoms with E-state index in [-0.39, 0.29) is 0 Å². The largest absolute Gasteiger partial charge is 0.397 e. The van der Waals surface area contributed by atoms with Crippen molar-refractivity contribution in [2.24, 2.45) is 0 Å².